The van der Waals surface area contributed by atoms with Gasteiger partial charge in [0, 0.05) is 22.4 Å². The van der Waals surface area contributed by atoms with Crippen molar-refractivity contribution in [3.63, 3.8) is 0 Å². The van der Waals surface area contributed by atoms with Gasteiger partial charge in [0.2, 0.25) is 8.32 Å². The van der Waals surface area contributed by atoms with Crippen molar-refractivity contribution in [3.8, 4) is 17.6 Å². The molecule has 1 aliphatic carbocycles. The van der Waals surface area contributed by atoms with E-state index >= 15 is 0 Å². The van der Waals surface area contributed by atoms with Gasteiger partial charge in [0.05, 0.1) is 5.39 Å². The topological polar surface area (TPSA) is 59.7 Å². The molecule has 0 aliphatic heterocycles. The van der Waals surface area contributed by atoms with Gasteiger partial charge < -0.3 is 13.9 Å². The summed E-state index contributed by atoms with van der Waals surface area (Å²) in [6.07, 6.45) is 2.42. The van der Waals surface area contributed by atoms with Gasteiger partial charge in [0.25, 0.3) is 0 Å². The van der Waals surface area contributed by atoms with Crippen LogP contribution < -0.4 is 10.1 Å². The van der Waals surface area contributed by atoms with Crippen LogP contribution in [0.5, 0.6) is 5.75 Å². The molecule has 1 aromatic heterocycles. The van der Waals surface area contributed by atoms with Crippen LogP contribution >= 0.6 is 0 Å². The van der Waals surface area contributed by atoms with E-state index in [4.69, 9.17) is 8.84 Å². The van der Waals surface area contributed by atoms with Crippen molar-refractivity contribution in [2.45, 2.75) is 63.8 Å². The Morgan fingerprint density at radius 3 is 2.40 bits per heavy atom. The number of benzene rings is 2. The average molecular weight is 421 g/mol. The van der Waals surface area contributed by atoms with E-state index < -0.39 is 19.5 Å². The molecule has 0 spiro atoms. The molecule has 1 heterocycles. The molecule has 0 atom stereocenters. The standard InChI is InChI=1S/C25H28O4Si/c1-24(2,3)30(4,5)29-18-8-10-20-19-9-7-17(11-14-25(27)12-6-13-25)15-21(19)23(26)28-22(20)16-18/h7-10,15-16,27H,6,12-13H2,1-5H3. The molecule has 1 fully saturated rings. The molecule has 0 amide bonds. The van der Waals surface area contributed by atoms with Crippen molar-refractivity contribution in [1.82, 2.24) is 0 Å². The van der Waals surface area contributed by atoms with Crippen molar-refractivity contribution in [2.75, 3.05) is 0 Å². The van der Waals surface area contributed by atoms with Crippen LogP contribution in [0.3, 0.4) is 0 Å². The van der Waals surface area contributed by atoms with Crippen LogP contribution in [-0.4, -0.2) is 19.0 Å². The van der Waals surface area contributed by atoms with Gasteiger partial charge in [-0.1, -0.05) is 38.7 Å². The Morgan fingerprint density at radius 2 is 1.77 bits per heavy atom. The number of hydrogen-bond acceptors (Lipinski definition) is 4. The first kappa shape index (κ1) is 20.7. The van der Waals surface area contributed by atoms with E-state index in [-0.39, 0.29) is 5.04 Å². The molecule has 1 N–H and O–H groups in total. The van der Waals surface area contributed by atoms with Gasteiger partial charge in [-0.15, -0.1) is 0 Å². The smallest absolute Gasteiger partial charge is 0.344 e. The minimum atomic E-state index is -1.99. The first-order chi connectivity index (χ1) is 14.0. The molecule has 1 aliphatic rings. The highest BCUT2D eigenvalue weighted by atomic mass is 28.4. The molecule has 0 radical (unpaired) electrons. The lowest BCUT2D eigenvalue weighted by molar-refractivity contribution is 0.0240. The zero-order valence-corrected chi connectivity index (χ0v) is 19.3. The van der Waals surface area contributed by atoms with Crippen molar-refractivity contribution < 1.29 is 13.9 Å². The maximum Gasteiger partial charge on any atom is 0.344 e. The second kappa shape index (κ2) is 7.00. The van der Waals surface area contributed by atoms with Crippen LogP contribution in [0.1, 0.15) is 45.6 Å². The third-order valence-corrected chi connectivity index (χ3v) is 10.8. The van der Waals surface area contributed by atoms with E-state index in [9.17, 15) is 9.90 Å². The fraction of sp³-hybridized carbons (Fsp3) is 0.400. The molecule has 0 bridgehead atoms. The molecule has 5 heteroatoms. The minimum absolute atomic E-state index is 0.0796. The first-order valence-corrected chi connectivity index (χ1v) is 13.3. The maximum absolute atomic E-state index is 12.7. The van der Waals surface area contributed by atoms with Crippen molar-refractivity contribution in [1.29, 1.82) is 0 Å². The van der Waals surface area contributed by atoms with E-state index in [1.54, 1.807) is 6.07 Å². The average Bonchev–Trinajstić information content (AvgIpc) is 2.63. The zero-order valence-electron chi connectivity index (χ0n) is 18.3. The SMILES string of the molecule is CC(C)(C)[Si](C)(C)Oc1ccc2c(c1)oc(=O)c1cc(C#CC3(O)CCC3)ccc12. The van der Waals surface area contributed by atoms with E-state index in [0.717, 1.165) is 22.9 Å². The fourth-order valence-electron chi connectivity index (χ4n) is 3.33. The van der Waals surface area contributed by atoms with E-state index in [1.807, 2.05) is 30.3 Å². The first-order valence-electron chi connectivity index (χ1n) is 10.4. The van der Waals surface area contributed by atoms with Gasteiger partial charge in [0.1, 0.15) is 16.9 Å². The molecule has 0 saturated heterocycles. The van der Waals surface area contributed by atoms with Crippen LogP contribution in [0, 0.1) is 11.8 Å². The highest BCUT2D eigenvalue weighted by molar-refractivity contribution is 6.74. The Balaban J connectivity index is 1.74. The summed E-state index contributed by atoms with van der Waals surface area (Å²) in [5.41, 5.74) is -0.0459. The van der Waals surface area contributed by atoms with Gasteiger partial charge in [-0.2, -0.15) is 0 Å². The summed E-state index contributed by atoms with van der Waals surface area (Å²) in [6, 6.07) is 11.2. The second-order valence-electron chi connectivity index (χ2n) is 9.81. The third kappa shape index (κ3) is 3.78. The van der Waals surface area contributed by atoms with Gasteiger partial charge in [0.15, 0.2) is 0 Å². The van der Waals surface area contributed by atoms with Crippen LogP contribution in [0.4, 0.5) is 0 Å². The molecule has 4 nitrogen and oxygen atoms in total. The van der Waals surface area contributed by atoms with E-state index in [0.29, 0.717) is 29.4 Å². The highest BCUT2D eigenvalue weighted by Gasteiger charge is 2.39. The fourth-order valence-corrected chi connectivity index (χ4v) is 4.35. The van der Waals surface area contributed by atoms with Crippen LogP contribution in [-0.2, 0) is 0 Å². The molecule has 1 saturated carbocycles. The van der Waals surface area contributed by atoms with Gasteiger partial charge in [-0.05, 0) is 61.7 Å². The molecular weight excluding hydrogens is 392 g/mol. The van der Waals surface area contributed by atoms with Crippen molar-refractivity contribution in [3.05, 3.63) is 52.4 Å². The zero-order chi connectivity index (χ0) is 21.7. The quantitative estimate of drug-likeness (QED) is 0.254. The summed E-state index contributed by atoms with van der Waals surface area (Å²) in [7, 11) is -1.99. The lowest BCUT2D eigenvalue weighted by Gasteiger charge is -2.36. The van der Waals surface area contributed by atoms with Crippen molar-refractivity contribution >= 4 is 30.1 Å². The predicted octanol–water partition coefficient (Wildman–Crippen LogP) is 5.60. The molecule has 3 aromatic rings. The van der Waals surface area contributed by atoms with E-state index in [2.05, 4.69) is 45.7 Å². The Hall–Kier alpha value is -2.55. The van der Waals surface area contributed by atoms with Gasteiger partial charge >= 0.3 is 5.63 Å². The maximum atomic E-state index is 12.7. The Kier molecular flexibility index (Phi) is 4.84. The summed E-state index contributed by atoms with van der Waals surface area (Å²) in [5.74, 6) is 6.67. The van der Waals surface area contributed by atoms with Crippen LogP contribution in [0.15, 0.2) is 45.6 Å². The second-order valence-corrected chi connectivity index (χ2v) is 14.5. The molecule has 30 heavy (non-hydrogen) atoms. The Bertz CT molecular complexity index is 1250. The summed E-state index contributed by atoms with van der Waals surface area (Å²) >= 11 is 0. The normalized spacial score (nSPS) is 16.1. The third-order valence-electron chi connectivity index (χ3n) is 6.48. The summed E-state index contributed by atoms with van der Waals surface area (Å²) in [4.78, 5) is 12.7. The van der Waals surface area contributed by atoms with Crippen molar-refractivity contribution in [2.24, 2.45) is 0 Å². The number of fused-ring (bicyclic) bond motifs is 3. The molecule has 4 rings (SSSR count). The summed E-state index contributed by atoms with van der Waals surface area (Å²) in [6.45, 7) is 11.0. The van der Waals surface area contributed by atoms with E-state index in [1.165, 1.54) is 0 Å². The molecular formula is C25H28O4Si. The number of rotatable bonds is 2. The lowest BCUT2D eigenvalue weighted by Crippen LogP contribution is -2.43. The number of hydrogen-bond donors (Lipinski definition) is 1. The lowest BCUT2D eigenvalue weighted by atomic mass is 9.81. The monoisotopic (exact) mass is 420 g/mol. The highest BCUT2D eigenvalue weighted by Crippen LogP contribution is 2.38. The largest absolute Gasteiger partial charge is 0.543 e. The Morgan fingerprint density at radius 1 is 1.07 bits per heavy atom. The molecule has 0 unspecified atom stereocenters. The summed E-state index contributed by atoms with van der Waals surface area (Å²) < 4.78 is 12.0. The summed E-state index contributed by atoms with van der Waals surface area (Å²) in [5, 5.41) is 12.4. The molecule has 156 valence electrons. The van der Waals surface area contributed by atoms with Gasteiger partial charge in [-0.25, -0.2) is 4.79 Å². The Labute approximate surface area is 178 Å². The number of aliphatic hydroxyl groups is 1. The predicted molar refractivity (Wildman–Crippen MR) is 123 cm³/mol. The minimum Gasteiger partial charge on any atom is -0.543 e. The molecule has 2 aromatic carbocycles. The van der Waals surface area contributed by atoms with Gasteiger partial charge in [-0.3, -0.25) is 0 Å². The van der Waals surface area contributed by atoms with Crippen LogP contribution in [0.25, 0.3) is 21.7 Å². The van der Waals surface area contributed by atoms with Crippen LogP contribution in [0.2, 0.25) is 18.1 Å².